The normalized spacial score (nSPS) is 19.3. The van der Waals surface area contributed by atoms with E-state index in [1.807, 2.05) is 0 Å². The molecule has 0 spiro atoms. The van der Waals surface area contributed by atoms with Crippen molar-refractivity contribution in [1.29, 1.82) is 0 Å². The molecule has 1 atom stereocenters. The molecular weight excluding hydrogens is 232 g/mol. The third kappa shape index (κ3) is 5.83. The molecule has 1 aliphatic rings. The van der Waals surface area contributed by atoms with Gasteiger partial charge in [-0.3, -0.25) is 4.90 Å². The fourth-order valence-corrected chi connectivity index (χ4v) is 3.62. The molecule has 0 aliphatic heterocycles. The van der Waals surface area contributed by atoms with Gasteiger partial charge in [0, 0.05) is 19.1 Å². The first-order valence-corrected chi connectivity index (χ1v) is 8.69. The Labute approximate surface area is 121 Å². The van der Waals surface area contributed by atoms with Crippen LogP contribution in [0, 0.1) is 11.8 Å². The molecule has 1 saturated carbocycles. The predicted octanol–water partition coefficient (Wildman–Crippen LogP) is 4.04. The molecule has 0 saturated heterocycles. The first-order chi connectivity index (χ1) is 9.24. The van der Waals surface area contributed by atoms with E-state index in [0.717, 1.165) is 24.9 Å². The first-order valence-electron chi connectivity index (χ1n) is 8.69. The van der Waals surface area contributed by atoms with Crippen LogP contribution in [0.5, 0.6) is 0 Å². The number of hydrogen-bond donors (Lipinski definition) is 1. The monoisotopic (exact) mass is 268 g/mol. The summed E-state index contributed by atoms with van der Waals surface area (Å²) in [5, 5.41) is 0. The molecule has 2 heteroatoms. The minimum absolute atomic E-state index is 0.619. The van der Waals surface area contributed by atoms with Gasteiger partial charge in [0.1, 0.15) is 0 Å². The van der Waals surface area contributed by atoms with Gasteiger partial charge < -0.3 is 5.73 Å². The zero-order chi connectivity index (χ0) is 14.1. The molecule has 114 valence electrons. The van der Waals surface area contributed by atoms with Crippen molar-refractivity contribution in [3.63, 3.8) is 0 Å². The van der Waals surface area contributed by atoms with Crippen molar-refractivity contribution in [3.05, 3.63) is 0 Å². The molecule has 0 aromatic carbocycles. The van der Waals surface area contributed by atoms with Gasteiger partial charge in [-0.25, -0.2) is 0 Å². The standard InChI is InChI=1S/C17H36N2/c1-4-15(5-2)14-19(6-3)17(13-18)12-16-10-8-7-9-11-16/h15-17H,4-14,18H2,1-3H3. The molecule has 1 aliphatic carbocycles. The van der Waals surface area contributed by atoms with Gasteiger partial charge in [-0.15, -0.1) is 0 Å². The lowest BCUT2D eigenvalue weighted by atomic mass is 9.84. The van der Waals surface area contributed by atoms with E-state index in [9.17, 15) is 0 Å². The van der Waals surface area contributed by atoms with Gasteiger partial charge in [-0.1, -0.05) is 65.7 Å². The van der Waals surface area contributed by atoms with Gasteiger partial charge in [-0.05, 0) is 24.8 Å². The summed E-state index contributed by atoms with van der Waals surface area (Å²) in [6.07, 6.45) is 11.2. The molecule has 1 fully saturated rings. The highest BCUT2D eigenvalue weighted by Gasteiger charge is 2.23. The van der Waals surface area contributed by atoms with Gasteiger partial charge in [0.25, 0.3) is 0 Å². The van der Waals surface area contributed by atoms with Gasteiger partial charge in [0.05, 0.1) is 0 Å². The second-order valence-electron chi connectivity index (χ2n) is 6.40. The van der Waals surface area contributed by atoms with Crippen molar-refractivity contribution in [2.24, 2.45) is 17.6 Å². The molecule has 0 aromatic rings. The predicted molar refractivity (Wildman–Crippen MR) is 85.4 cm³/mol. The Morgan fingerprint density at radius 2 is 1.68 bits per heavy atom. The Kier molecular flexibility index (Phi) is 8.72. The second-order valence-corrected chi connectivity index (χ2v) is 6.40. The number of hydrogen-bond acceptors (Lipinski definition) is 2. The minimum atomic E-state index is 0.619. The van der Waals surface area contributed by atoms with E-state index in [0.29, 0.717) is 6.04 Å². The highest BCUT2D eigenvalue weighted by Crippen LogP contribution is 2.28. The van der Waals surface area contributed by atoms with E-state index in [4.69, 9.17) is 5.73 Å². The van der Waals surface area contributed by atoms with E-state index < -0.39 is 0 Å². The second kappa shape index (κ2) is 9.77. The van der Waals surface area contributed by atoms with E-state index in [2.05, 4.69) is 25.7 Å². The summed E-state index contributed by atoms with van der Waals surface area (Å²) in [6, 6.07) is 0.619. The van der Waals surface area contributed by atoms with Crippen LogP contribution in [-0.2, 0) is 0 Å². The fourth-order valence-electron chi connectivity index (χ4n) is 3.62. The van der Waals surface area contributed by atoms with Crippen LogP contribution in [0.4, 0.5) is 0 Å². The molecular formula is C17H36N2. The summed E-state index contributed by atoms with van der Waals surface area (Å²) in [5.41, 5.74) is 6.08. The molecule has 0 heterocycles. The summed E-state index contributed by atoms with van der Waals surface area (Å²) in [5.74, 6) is 1.79. The molecule has 0 radical (unpaired) electrons. The molecule has 2 nitrogen and oxygen atoms in total. The first kappa shape index (κ1) is 17.0. The SMILES string of the molecule is CCC(CC)CN(CC)C(CN)CC1CCCCC1. The maximum Gasteiger partial charge on any atom is 0.0221 e. The van der Waals surface area contributed by atoms with Crippen LogP contribution < -0.4 is 5.73 Å². The van der Waals surface area contributed by atoms with Crippen molar-refractivity contribution in [2.45, 2.75) is 78.2 Å². The van der Waals surface area contributed by atoms with Crippen LogP contribution in [0.15, 0.2) is 0 Å². The summed E-state index contributed by atoms with van der Waals surface area (Å²) in [6.45, 7) is 10.2. The molecule has 1 unspecified atom stereocenters. The van der Waals surface area contributed by atoms with Gasteiger partial charge in [-0.2, -0.15) is 0 Å². The third-order valence-corrected chi connectivity index (χ3v) is 5.17. The van der Waals surface area contributed by atoms with Crippen LogP contribution in [0.25, 0.3) is 0 Å². The van der Waals surface area contributed by atoms with Crippen LogP contribution in [-0.4, -0.2) is 30.6 Å². The highest BCUT2D eigenvalue weighted by atomic mass is 15.2. The largest absolute Gasteiger partial charge is 0.329 e. The zero-order valence-corrected chi connectivity index (χ0v) is 13.5. The quantitative estimate of drug-likeness (QED) is 0.684. The molecule has 0 bridgehead atoms. The van der Waals surface area contributed by atoms with Crippen LogP contribution in [0.1, 0.15) is 72.1 Å². The van der Waals surface area contributed by atoms with E-state index in [1.165, 1.54) is 57.9 Å². The van der Waals surface area contributed by atoms with Crippen molar-refractivity contribution in [1.82, 2.24) is 4.90 Å². The lowest BCUT2D eigenvalue weighted by molar-refractivity contribution is 0.141. The fraction of sp³-hybridized carbons (Fsp3) is 1.00. The Morgan fingerprint density at radius 3 is 2.16 bits per heavy atom. The molecule has 1 rings (SSSR count). The number of likely N-dealkylation sites (N-methyl/N-ethyl adjacent to an activating group) is 1. The van der Waals surface area contributed by atoms with Gasteiger partial charge >= 0.3 is 0 Å². The molecule has 19 heavy (non-hydrogen) atoms. The van der Waals surface area contributed by atoms with Crippen molar-refractivity contribution >= 4 is 0 Å². The topological polar surface area (TPSA) is 29.3 Å². The Morgan fingerprint density at radius 1 is 1.05 bits per heavy atom. The van der Waals surface area contributed by atoms with E-state index >= 15 is 0 Å². The Bertz CT molecular complexity index is 207. The lowest BCUT2D eigenvalue weighted by Crippen LogP contribution is -2.44. The van der Waals surface area contributed by atoms with Crippen molar-refractivity contribution in [3.8, 4) is 0 Å². The van der Waals surface area contributed by atoms with Gasteiger partial charge in [0.2, 0.25) is 0 Å². The smallest absolute Gasteiger partial charge is 0.0221 e. The Hall–Kier alpha value is -0.0800. The maximum atomic E-state index is 6.08. The van der Waals surface area contributed by atoms with E-state index in [1.54, 1.807) is 0 Å². The number of nitrogens with two attached hydrogens (primary N) is 1. The summed E-state index contributed by atoms with van der Waals surface area (Å²) in [4.78, 5) is 2.66. The lowest BCUT2D eigenvalue weighted by Gasteiger charge is -2.35. The van der Waals surface area contributed by atoms with Crippen LogP contribution >= 0.6 is 0 Å². The molecule has 0 amide bonds. The average molecular weight is 268 g/mol. The summed E-state index contributed by atoms with van der Waals surface area (Å²) >= 11 is 0. The number of rotatable bonds is 9. The summed E-state index contributed by atoms with van der Waals surface area (Å²) < 4.78 is 0. The van der Waals surface area contributed by atoms with Crippen LogP contribution in [0.3, 0.4) is 0 Å². The minimum Gasteiger partial charge on any atom is -0.329 e. The Balaban J connectivity index is 2.48. The van der Waals surface area contributed by atoms with Crippen molar-refractivity contribution < 1.29 is 0 Å². The van der Waals surface area contributed by atoms with Crippen molar-refractivity contribution in [2.75, 3.05) is 19.6 Å². The third-order valence-electron chi connectivity index (χ3n) is 5.17. The highest BCUT2D eigenvalue weighted by molar-refractivity contribution is 4.79. The van der Waals surface area contributed by atoms with Crippen LogP contribution in [0.2, 0.25) is 0 Å². The zero-order valence-electron chi connectivity index (χ0n) is 13.5. The molecule has 2 N–H and O–H groups in total. The molecule has 0 aromatic heterocycles. The average Bonchev–Trinajstić information content (AvgIpc) is 2.48. The number of nitrogens with zero attached hydrogens (tertiary/aromatic N) is 1. The maximum absolute atomic E-state index is 6.08. The van der Waals surface area contributed by atoms with E-state index in [-0.39, 0.29) is 0 Å². The summed E-state index contributed by atoms with van der Waals surface area (Å²) in [7, 11) is 0. The van der Waals surface area contributed by atoms with Gasteiger partial charge in [0.15, 0.2) is 0 Å².